The van der Waals surface area contributed by atoms with Crippen molar-refractivity contribution in [2.45, 2.75) is 18.7 Å². The Morgan fingerprint density at radius 2 is 2.50 bits per heavy atom. The van der Waals surface area contributed by atoms with Gasteiger partial charge in [-0.25, -0.2) is 0 Å². The van der Waals surface area contributed by atoms with Crippen molar-refractivity contribution >= 4 is 34.7 Å². The Kier molecular flexibility index (Phi) is 5.48. The molecule has 2 rings (SSSR count). The van der Waals surface area contributed by atoms with Gasteiger partial charge in [-0.15, -0.1) is 11.8 Å². The Morgan fingerprint density at radius 1 is 1.75 bits per heavy atom. The van der Waals surface area contributed by atoms with Crippen LogP contribution < -0.4 is 5.73 Å². The molecule has 1 atom stereocenters. The molecule has 16 heavy (non-hydrogen) atoms. The summed E-state index contributed by atoms with van der Waals surface area (Å²) in [6.07, 6.45) is 6.43. The number of carbonyl (C=O) groups excluding carboxylic acids is 2. The molecule has 1 fully saturated rings. The van der Waals surface area contributed by atoms with Gasteiger partial charge in [-0.3, -0.25) is 9.59 Å². The molecule has 2 heterocycles. The standard InChI is InChI=1S/C6H7NOS.C4H7NOS/c8-5-4-6-7(5)2-1-3-9-6;1-2-3-7-4(5)6/h1-2,6H,3-4H2;2-3H,1H3,(H2,5,6)/b;3-2-/t6-;/m1./s1. The van der Waals surface area contributed by atoms with Gasteiger partial charge in [0.25, 0.3) is 5.24 Å². The Bertz CT molecular complexity index is 329. The van der Waals surface area contributed by atoms with Crippen molar-refractivity contribution in [1.82, 2.24) is 4.90 Å². The molecule has 0 spiro atoms. The maximum absolute atomic E-state index is 10.7. The summed E-state index contributed by atoms with van der Waals surface area (Å²) in [5.74, 6) is 1.33. The van der Waals surface area contributed by atoms with Gasteiger partial charge in [-0.2, -0.15) is 0 Å². The second-order valence-electron chi connectivity index (χ2n) is 3.08. The number of fused-ring (bicyclic) bond motifs is 1. The number of carbonyl (C=O) groups is 2. The second kappa shape index (κ2) is 6.65. The Morgan fingerprint density at radius 3 is 2.88 bits per heavy atom. The van der Waals surface area contributed by atoms with E-state index in [1.54, 1.807) is 16.4 Å². The highest BCUT2D eigenvalue weighted by Gasteiger charge is 2.35. The maximum atomic E-state index is 10.7. The van der Waals surface area contributed by atoms with Crippen LogP contribution in [0, 0.1) is 0 Å². The molecule has 0 bridgehead atoms. The summed E-state index contributed by atoms with van der Waals surface area (Å²) < 4.78 is 0. The first-order valence-electron chi connectivity index (χ1n) is 4.82. The lowest BCUT2D eigenvalue weighted by Gasteiger charge is -2.39. The van der Waals surface area contributed by atoms with Crippen LogP contribution in [-0.2, 0) is 4.79 Å². The fourth-order valence-corrected chi connectivity index (χ4v) is 2.48. The predicted octanol–water partition coefficient (Wildman–Crippen LogP) is 2.14. The fraction of sp³-hybridized carbons (Fsp3) is 0.400. The van der Waals surface area contributed by atoms with E-state index in [9.17, 15) is 9.59 Å². The van der Waals surface area contributed by atoms with Crippen molar-refractivity contribution in [2.24, 2.45) is 5.73 Å². The summed E-state index contributed by atoms with van der Waals surface area (Å²) in [6.45, 7) is 1.83. The first-order chi connectivity index (χ1) is 7.65. The van der Waals surface area contributed by atoms with E-state index in [0.29, 0.717) is 5.37 Å². The van der Waals surface area contributed by atoms with Crippen LogP contribution in [0.3, 0.4) is 0 Å². The SMILES string of the molecule is C/C=C\SC(N)=O.O=C1C[C@H]2SCC=CN12. The van der Waals surface area contributed by atoms with Crippen LogP contribution in [0.15, 0.2) is 23.8 Å². The predicted molar refractivity (Wildman–Crippen MR) is 68.8 cm³/mol. The molecule has 2 amide bonds. The number of β-lactam (4-membered cyclic amide) rings is 1. The summed E-state index contributed by atoms with van der Waals surface area (Å²) in [6, 6.07) is 0. The smallest absolute Gasteiger partial charge is 0.280 e. The third-order valence-corrected chi connectivity index (χ3v) is 3.72. The van der Waals surface area contributed by atoms with E-state index >= 15 is 0 Å². The van der Waals surface area contributed by atoms with Crippen LogP contribution in [0.25, 0.3) is 0 Å². The van der Waals surface area contributed by atoms with E-state index in [-0.39, 0.29) is 11.1 Å². The van der Waals surface area contributed by atoms with E-state index in [0.717, 1.165) is 23.9 Å². The summed E-state index contributed by atoms with van der Waals surface area (Å²) in [7, 11) is 0. The largest absolute Gasteiger partial charge is 0.360 e. The minimum absolute atomic E-state index is 0.267. The molecule has 4 nitrogen and oxygen atoms in total. The van der Waals surface area contributed by atoms with E-state index in [4.69, 9.17) is 5.73 Å². The third kappa shape index (κ3) is 3.94. The van der Waals surface area contributed by atoms with Crippen LogP contribution >= 0.6 is 23.5 Å². The average Bonchev–Trinajstić information content (AvgIpc) is 2.26. The normalized spacial score (nSPS) is 22.2. The third-order valence-electron chi connectivity index (χ3n) is 1.92. The zero-order valence-corrected chi connectivity index (χ0v) is 10.6. The molecule has 0 aromatic carbocycles. The van der Waals surface area contributed by atoms with Crippen molar-refractivity contribution in [3.05, 3.63) is 23.8 Å². The van der Waals surface area contributed by atoms with Crippen molar-refractivity contribution in [3.8, 4) is 0 Å². The molecule has 0 radical (unpaired) electrons. The molecule has 0 unspecified atom stereocenters. The molecule has 6 heteroatoms. The van der Waals surface area contributed by atoms with E-state index < -0.39 is 0 Å². The topological polar surface area (TPSA) is 63.4 Å². The zero-order valence-electron chi connectivity index (χ0n) is 8.96. The van der Waals surface area contributed by atoms with Gasteiger partial charge in [0.1, 0.15) is 0 Å². The molecule has 2 aliphatic rings. The number of nitrogens with two attached hydrogens (primary N) is 1. The van der Waals surface area contributed by atoms with Crippen molar-refractivity contribution in [3.63, 3.8) is 0 Å². The highest BCUT2D eigenvalue weighted by atomic mass is 32.2. The first kappa shape index (κ1) is 13.2. The van der Waals surface area contributed by atoms with Gasteiger partial charge in [0.15, 0.2) is 0 Å². The molecule has 0 aromatic rings. The summed E-state index contributed by atoms with van der Waals surface area (Å²) in [5.41, 5.74) is 4.75. The quantitative estimate of drug-likeness (QED) is 0.732. The number of hydrogen-bond acceptors (Lipinski definition) is 4. The summed E-state index contributed by atoms with van der Waals surface area (Å²) in [5, 5.41) is 1.75. The molecule has 0 aliphatic carbocycles. The number of hydrogen-bond donors (Lipinski definition) is 1. The van der Waals surface area contributed by atoms with Gasteiger partial charge in [-0.1, -0.05) is 12.2 Å². The lowest BCUT2D eigenvalue weighted by Crippen LogP contribution is -2.48. The monoisotopic (exact) mass is 258 g/mol. The molecule has 1 saturated heterocycles. The van der Waals surface area contributed by atoms with Crippen molar-refractivity contribution in [2.75, 3.05) is 5.75 Å². The van der Waals surface area contributed by atoms with E-state index in [2.05, 4.69) is 0 Å². The summed E-state index contributed by atoms with van der Waals surface area (Å²) >= 11 is 2.82. The number of thioether (sulfide) groups is 2. The van der Waals surface area contributed by atoms with Crippen LogP contribution in [0.1, 0.15) is 13.3 Å². The van der Waals surface area contributed by atoms with Crippen LogP contribution in [0.5, 0.6) is 0 Å². The molecule has 0 aromatic heterocycles. The Balaban J connectivity index is 0.000000168. The van der Waals surface area contributed by atoms with Crippen LogP contribution in [-0.4, -0.2) is 27.2 Å². The first-order valence-corrected chi connectivity index (χ1v) is 6.74. The highest BCUT2D eigenvalue weighted by molar-refractivity contribution is 8.16. The number of rotatable bonds is 1. The lowest BCUT2D eigenvalue weighted by atomic mass is 10.2. The molecule has 0 saturated carbocycles. The average molecular weight is 258 g/mol. The Labute approximate surface area is 103 Å². The molecule has 2 aliphatic heterocycles. The van der Waals surface area contributed by atoms with Crippen LogP contribution in [0.2, 0.25) is 0 Å². The van der Waals surface area contributed by atoms with E-state index in [1.807, 2.05) is 31.0 Å². The van der Waals surface area contributed by atoms with Gasteiger partial charge in [-0.05, 0) is 24.1 Å². The number of primary amides is 1. The minimum atomic E-state index is -0.363. The van der Waals surface area contributed by atoms with Gasteiger partial charge < -0.3 is 10.6 Å². The number of nitrogens with zero attached hydrogens (tertiary/aromatic N) is 1. The van der Waals surface area contributed by atoms with Gasteiger partial charge in [0.2, 0.25) is 5.91 Å². The van der Waals surface area contributed by atoms with Crippen LogP contribution in [0.4, 0.5) is 4.79 Å². The summed E-state index contributed by atoms with van der Waals surface area (Å²) in [4.78, 5) is 22.4. The molecule has 88 valence electrons. The molecular weight excluding hydrogens is 244 g/mol. The molecule has 2 N–H and O–H groups in total. The maximum Gasteiger partial charge on any atom is 0.280 e. The van der Waals surface area contributed by atoms with E-state index in [1.165, 1.54) is 0 Å². The van der Waals surface area contributed by atoms with Gasteiger partial charge in [0, 0.05) is 12.0 Å². The van der Waals surface area contributed by atoms with Gasteiger partial charge in [0.05, 0.1) is 11.8 Å². The molecular formula is C10H14N2O2S2. The zero-order chi connectivity index (χ0) is 12.0. The van der Waals surface area contributed by atoms with Gasteiger partial charge >= 0.3 is 0 Å². The lowest BCUT2D eigenvalue weighted by molar-refractivity contribution is -0.137. The number of amides is 2. The Hall–Kier alpha value is -0.880. The number of allylic oxidation sites excluding steroid dienone is 1. The minimum Gasteiger partial charge on any atom is -0.360 e. The second-order valence-corrected chi connectivity index (χ2v) is 5.21. The van der Waals surface area contributed by atoms with Crippen molar-refractivity contribution < 1.29 is 9.59 Å². The fourth-order valence-electron chi connectivity index (χ4n) is 1.18. The highest BCUT2D eigenvalue weighted by Crippen LogP contribution is 2.32. The van der Waals surface area contributed by atoms with Crippen molar-refractivity contribution in [1.29, 1.82) is 0 Å².